The Balaban J connectivity index is 1.89. The minimum Gasteiger partial charge on any atom is -0.482 e. The molecule has 2 aromatic rings. The number of fused-ring (bicyclic) bond motifs is 1. The van der Waals surface area contributed by atoms with Crippen molar-refractivity contribution in [1.29, 1.82) is 5.26 Å². The van der Waals surface area contributed by atoms with Crippen LogP contribution in [0, 0.1) is 11.3 Å². The van der Waals surface area contributed by atoms with E-state index in [0.29, 0.717) is 23.3 Å². The van der Waals surface area contributed by atoms with Gasteiger partial charge in [-0.15, -0.1) is 0 Å². The number of hydroxylamine groups is 2. The van der Waals surface area contributed by atoms with Crippen molar-refractivity contribution in [2.24, 2.45) is 0 Å². The average Bonchev–Trinajstić information content (AvgIpc) is 2.63. The smallest absolute Gasteiger partial charge is 0.236 e. The minimum atomic E-state index is -1.73. The number of aliphatic hydroxyl groups is 1. The highest BCUT2D eigenvalue weighted by Gasteiger charge is 2.54. The number of hydrogen-bond acceptors (Lipinski definition) is 5. The summed E-state index contributed by atoms with van der Waals surface area (Å²) in [5.41, 5.74) is -0.890. The average molecular weight is 352 g/mol. The van der Waals surface area contributed by atoms with Gasteiger partial charge in [-0.3, -0.25) is 9.63 Å². The molecule has 0 saturated heterocycles. The van der Waals surface area contributed by atoms with Crippen LogP contribution >= 0.6 is 0 Å². The second-order valence-corrected chi connectivity index (χ2v) is 6.73. The molecule has 0 aliphatic carbocycles. The fraction of sp³-hybridized carbons (Fsp3) is 0.300. The molecule has 26 heavy (non-hydrogen) atoms. The first kappa shape index (κ1) is 17.9. The van der Waals surface area contributed by atoms with Crippen LogP contribution in [0.4, 0.5) is 0 Å². The van der Waals surface area contributed by atoms with Crippen molar-refractivity contribution < 1.29 is 19.5 Å². The van der Waals surface area contributed by atoms with Gasteiger partial charge >= 0.3 is 0 Å². The zero-order chi connectivity index (χ0) is 18.8. The fourth-order valence-electron chi connectivity index (χ4n) is 3.01. The van der Waals surface area contributed by atoms with Gasteiger partial charge in [0.1, 0.15) is 12.4 Å². The standard InChI is InChI=1S/C20H20N2O4/c1-19(2)20(24,11-17-10-16(12-21)8-9-18(17)26-19)22(14-23)25-13-15-6-4-3-5-7-15/h3-10,14,24H,11,13H2,1-2H3. The van der Waals surface area contributed by atoms with Gasteiger partial charge in [0.25, 0.3) is 0 Å². The molecule has 134 valence electrons. The van der Waals surface area contributed by atoms with E-state index in [4.69, 9.17) is 14.8 Å². The number of hydrogen-bond donors (Lipinski definition) is 1. The molecule has 0 bridgehead atoms. The molecular weight excluding hydrogens is 332 g/mol. The topological polar surface area (TPSA) is 82.8 Å². The van der Waals surface area contributed by atoms with Gasteiger partial charge in [0.15, 0.2) is 5.60 Å². The van der Waals surface area contributed by atoms with Crippen molar-refractivity contribution in [3.05, 3.63) is 65.2 Å². The van der Waals surface area contributed by atoms with Crippen molar-refractivity contribution in [2.45, 2.75) is 38.2 Å². The summed E-state index contributed by atoms with van der Waals surface area (Å²) >= 11 is 0. The third-order valence-corrected chi connectivity index (χ3v) is 4.63. The Morgan fingerprint density at radius 1 is 1.31 bits per heavy atom. The maximum Gasteiger partial charge on any atom is 0.236 e. The van der Waals surface area contributed by atoms with E-state index < -0.39 is 11.3 Å². The van der Waals surface area contributed by atoms with E-state index in [1.54, 1.807) is 32.0 Å². The van der Waals surface area contributed by atoms with Crippen molar-refractivity contribution in [2.75, 3.05) is 0 Å². The van der Waals surface area contributed by atoms with Crippen LogP contribution in [0.25, 0.3) is 0 Å². The summed E-state index contributed by atoms with van der Waals surface area (Å²) in [4.78, 5) is 17.3. The number of amides is 1. The molecule has 0 fully saturated rings. The lowest BCUT2D eigenvalue weighted by atomic mass is 9.84. The van der Waals surface area contributed by atoms with E-state index >= 15 is 0 Å². The Morgan fingerprint density at radius 3 is 2.69 bits per heavy atom. The van der Waals surface area contributed by atoms with Gasteiger partial charge in [-0.2, -0.15) is 10.3 Å². The zero-order valence-electron chi connectivity index (χ0n) is 14.7. The van der Waals surface area contributed by atoms with E-state index in [0.717, 1.165) is 10.6 Å². The highest BCUT2D eigenvalue weighted by molar-refractivity contribution is 5.50. The van der Waals surface area contributed by atoms with Gasteiger partial charge in [0.2, 0.25) is 12.1 Å². The number of carbonyl (C=O) groups excluding carboxylic acids is 1. The molecule has 1 heterocycles. The molecule has 3 rings (SSSR count). The minimum absolute atomic E-state index is 0.0817. The molecule has 0 saturated carbocycles. The third kappa shape index (κ3) is 3.15. The summed E-state index contributed by atoms with van der Waals surface area (Å²) in [5, 5.41) is 21.3. The van der Waals surface area contributed by atoms with E-state index in [9.17, 15) is 9.90 Å². The molecular formula is C20H20N2O4. The molecule has 0 spiro atoms. The Labute approximate surface area is 152 Å². The highest BCUT2D eigenvalue weighted by Crippen LogP contribution is 2.41. The van der Waals surface area contributed by atoms with Crippen LogP contribution in [0.2, 0.25) is 0 Å². The van der Waals surface area contributed by atoms with Gasteiger partial charge in [-0.25, -0.2) is 0 Å². The largest absolute Gasteiger partial charge is 0.482 e. The van der Waals surface area contributed by atoms with Crippen LogP contribution in [0.5, 0.6) is 5.75 Å². The molecule has 6 heteroatoms. The van der Waals surface area contributed by atoms with Crippen LogP contribution in [0.1, 0.15) is 30.5 Å². The van der Waals surface area contributed by atoms with Crippen molar-refractivity contribution >= 4 is 6.41 Å². The van der Waals surface area contributed by atoms with Crippen molar-refractivity contribution in [3.63, 3.8) is 0 Å². The molecule has 1 N–H and O–H groups in total. The molecule has 1 aliphatic heterocycles. The van der Waals surface area contributed by atoms with Gasteiger partial charge in [0.05, 0.1) is 11.6 Å². The maximum absolute atomic E-state index is 11.7. The molecule has 1 amide bonds. The lowest BCUT2D eigenvalue weighted by Crippen LogP contribution is -2.66. The number of ether oxygens (including phenoxy) is 1. The van der Waals surface area contributed by atoms with Crippen LogP contribution < -0.4 is 4.74 Å². The quantitative estimate of drug-likeness (QED) is 0.508. The molecule has 0 aromatic heterocycles. The zero-order valence-corrected chi connectivity index (χ0v) is 14.7. The van der Waals surface area contributed by atoms with Crippen molar-refractivity contribution in [3.8, 4) is 11.8 Å². The summed E-state index contributed by atoms with van der Waals surface area (Å²) in [6.07, 6.45) is 0.533. The molecule has 1 aliphatic rings. The summed E-state index contributed by atoms with van der Waals surface area (Å²) in [5.74, 6) is 0.576. The fourth-order valence-corrected chi connectivity index (χ4v) is 3.01. The van der Waals surface area contributed by atoms with Crippen LogP contribution in [-0.4, -0.2) is 27.9 Å². The molecule has 0 radical (unpaired) electrons. The number of nitriles is 1. The van der Waals surface area contributed by atoms with E-state index in [1.807, 2.05) is 30.3 Å². The van der Waals surface area contributed by atoms with Crippen LogP contribution in [0.15, 0.2) is 48.5 Å². The molecule has 2 aromatic carbocycles. The Hall–Kier alpha value is -2.88. The Kier molecular flexibility index (Phi) is 4.68. The summed E-state index contributed by atoms with van der Waals surface area (Å²) in [6, 6.07) is 16.4. The van der Waals surface area contributed by atoms with Gasteiger partial charge in [0, 0.05) is 12.0 Å². The number of benzene rings is 2. The SMILES string of the molecule is CC1(C)Oc2ccc(C#N)cc2CC1(O)N(C=O)OCc1ccccc1. The first-order valence-electron chi connectivity index (χ1n) is 8.25. The second-order valence-electron chi connectivity index (χ2n) is 6.73. The lowest BCUT2D eigenvalue weighted by molar-refractivity contribution is -0.320. The predicted octanol–water partition coefficient (Wildman–Crippen LogP) is 2.55. The van der Waals surface area contributed by atoms with Crippen LogP contribution in [-0.2, 0) is 22.7 Å². The van der Waals surface area contributed by atoms with Crippen LogP contribution in [0.3, 0.4) is 0 Å². The summed E-state index contributed by atoms with van der Waals surface area (Å²) < 4.78 is 5.93. The first-order chi connectivity index (χ1) is 12.4. The number of carbonyl (C=O) groups is 1. The molecule has 1 atom stereocenters. The third-order valence-electron chi connectivity index (χ3n) is 4.63. The molecule has 6 nitrogen and oxygen atoms in total. The second kappa shape index (κ2) is 6.79. The van der Waals surface area contributed by atoms with E-state index in [1.165, 1.54) is 0 Å². The van der Waals surface area contributed by atoms with Gasteiger partial charge in [-0.05, 0) is 37.6 Å². The van der Waals surface area contributed by atoms with Gasteiger partial charge in [-0.1, -0.05) is 30.3 Å². The summed E-state index contributed by atoms with van der Waals surface area (Å²) in [6.45, 7) is 3.51. The monoisotopic (exact) mass is 352 g/mol. The predicted molar refractivity (Wildman–Crippen MR) is 93.7 cm³/mol. The highest BCUT2D eigenvalue weighted by atomic mass is 16.7. The van der Waals surface area contributed by atoms with E-state index in [2.05, 4.69) is 6.07 Å². The lowest BCUT2D eigenvalue weighted by Gasteiger charge is -2.49. The molecule has 1 unspecified atom stereocenters. The Morgan fingerprint density at radius 2 is 2.04 bits per heavy atom. The number of rotatable bonds is 5. The maximum atomic E-state index is 11.7. The van der Waals surface area contributed by atoms with Gasteiger partial charge < -0.3 is 9.84 Å². The number of nitrogens with zero attached hydrogens (tertiary/aromatic N) is 2. The summed E-state index contributed by atoms with van der Waals surface area (Å²) in [7, 11) is 0. The van der Waals surface area contributed by atoms with E-state index in [-0.39, 0.29) is 13.0 Å². The first-order valence-corrected chi connectivity index (χ1v) is 8.25. The normalized spacial score (nSPS) is 20.4. The Bertz CT molecular complexity index is 845. The van der Waals surface area contributed by atoms with Crippen molar-refractivity contribution in [1.82, 2.24) is 5.06 Å².